The van der Waals surface area contributed by atoms with Gasteiger partial charge in [-0.2, -0.15) is 0 Å². The monoisotopic (exact) mass is 306 g/mol. The van der Waals surface area contributed by atoms with E-state index < -0.39 is 0 Å². The molecule has 1 fully saturated rings. The molecule has 1 aliphatic heterocycles. The van der Waals surface area contributed by atoms with Crippen LogP contribution < -0.4 is 19.9 Å². The summed E-state index contributed by atoms with van der Waals surface area (Å²) in [6, 6.07) is 8.19. The maximum Gasteiger partial charge on any atom is 0.275 e. The second-order valence-corrected chi connectivity index (χ2v) is 5.82. The van der Waals surface area contributed by atoms with Crippen molar-refractivity contribution in [3.63, 3.8) is 0 Å². The SMILES string of the molecule is CCCCNC(=O)C[NH+]1CCN(c2ccc(OC)cc2)CC1. The van der Waals surface area contributed by atoms with Crippen LogP contribution in [0, 0.1) is 0 Å². The molecule has 1 aromatic rings. The van der Waals surface area contributed by atoms with Crippen LogP contribution in [0.2, 0.25) is 0 Å². The molecule has 5 heteroatoms. The van der Waals surface area contributed by atoms with E-state index in [2.05, 4.69) is 29.3 Å². The largest absolute Gasteiger partial charge is 0.497 e. The number of unbranched alkanes of at least 4 members (excludes halogenated alkanes) is 1. The van der Waals surface area contributed by atoms with Crippen LogP contribution in [-0.2, 0) is 4.79 Å². The van der Waals surface area contributed by atoms with Gasteiger partial charge in [0.1, 0.15) is 5.75 Å². The van der Waals surface area contributed by atoms with Gasteiger partial charge in [-0.3, -0.25) is 4.79 Å². The minimum absolute atomic E-state index is 0.182. The number of rotatable bonds is 7. The first-order valence-electron chi connectivity index (χ1n) is 8.22. The van der Waals surface area contributed by atoms with Crippen LogP contribution in [0.3, 0.4) is 0 Å². The van der Waals surface area contributed by atoms with E-state index in [0.29, 0.717) is 6.54 Å². The average molecular weight is 306 g/mol. The van der Waals surface area contributed by atoms with Crippen LogP contribution in [0.4, 0.5) is 5.69 Å². The molecule has 2 rings (SSSR count). The normalized spacial score (nSPS) is 15.6. The first-order valence-corrected chi connectivity index (χ1v) is 8.22. The van der Waals surface area contributed by atoms with Crippen molar-refractivity contribution in [3.8, 4) is 5.75 Å². The van der Waals surface area contributed by atoms with E-state index in [1.165, 1.54) is 10.6 Å². The number of benzene rings is 1. The Balaban J connectivity index is 1.74. The molecule has 0 spiro atoms. The molecule has 0 radical (unpaired) electrons. The van der Waals surface area contributed by atoms with Gasteiger partial charge in [0.2, 0.25) is 0 Å². The van der Waals surface area contributed by atoms with E-state index in [0.717, 1.165) is 51.3 Å². The lowest BCUT2D eigenvalue weighted by atomic mass is 10.2. The maximum absolute atomic E-state index is 11.8. The lowest BCUT2D eigenvalue weighted by Crippen LogP contribution is -3.15. The van der Waals surface area contributed by atoms with Gasteiger partial charge in [0.25, 0.3) is 5.91 Å². The fraction of sp³-hybridized carbons (Fsp3) is 0.588. The second-order valence-electron chi connectivity index (χ2n) is 5.82. The molecular formula is C17H28N3O2+. The van der Waals surface area contributed by atoms with Crippen molar-refractivity contribution < 1.29 is 14.4 Å². The maximum atomic E-state index is 11.8. The molecule has 1 aliphatic rings. The first-order chi connectivity index (χ1) is 10.7. The molecular weight excluding hydrogens is 278 g/mol. The van der Waals surface area contributed by atoms with E-state index in [-0.39, 0.29) is 5.91 Å². The molecule has 122 valence electrons. The zero-order valence-corrected chi connectivity index (χ0v) is 13.7. The molecule has 2 N–H and O–H groups in total. The van der Waals surface area contributed by atoms with Gasteiger partial charge in [-0.05, 0) is 30.7 Å². The highest BCUT2D eigenvalue weighted by atomic mass is 16.5. The minimum Gasteiger partial charge on any atom is -0.497 e. The molecule has 1 aromatic carbocycles. The van der Waals surface area contributed by atoms with Crippen LogP contribution in [0.15, 0.2) is 24.3 Å². The summed E-state index contributed by atoms with van der Waals surface area (Å²) in [4.78, 5) is 15.6. The highest BCUT2D eigenvalue weighted by Gasteiger charge is 2.22. The summed E-state index contributed by atoms with van der Waals surface area (Å²) in [5, 5.41) is 3.00. The summed E-state index contributed by atoms with van der Waals surface area (Å²) in [7, 11) is 1.68. The van der Waals surface area contributed by atoms with Crippen LogP contribution in [0.25, 0.3) is 0 Å². The third-order valence-electron chi connectivity index (χ3n) is 4.17. The number of quaternary nitrogens is 1. The van der Waals surface area contributed by atoms with E-state index >= 15 is 0 Å². The number of piperazine rings is 1. The summed E-state index contributed by atoms with van der Waals surface area (Å²) in [6.07, 6.45) is 2.18. The summed E-state index contributed by atoms with van der Waals surface area (Å²) in [6.45, 7) is 7.53. The summed E-state index contributed by atoms with van der Waals surface area (Å²) >= 11 is 0. The molecule has 0 saturated carbocycles. The molecule has 0 aromatic heterocycles. The lowest BCUT2D eigenvalue weighted by molar-refractivity contribution is -0.892. The molecule has 22 heavy (non-hydrogen) atoms. The summed E-state index contributed by atoms with van der Waals surface area (Å²) in [5.74, 6) is 1.07. The van der Waals surface area contributed by atoms with Crippen molar-refractivity contribution in [3.05, 3.63) is 24.3 Å². The molecule has 5 nitrogen and oxygen atoms in total. The van der Waals surface area contributed by atoms with Gasteiger partial charge < -0.3 is 19.9 Å². The number of anilines is 1. The zero-order valence-electron chi connectivity index (χ0n) is 13.7. The number of hydrogen-bond acceptors (Lipinski definition) is 3. The standard InChI is InChI=1S/C17H27N3O2/c1-3-4-9-18-17(21)14-19-10-12-20(13-11-19)15-5-7-16(22-2)8-6-15/h5-8H,3-4,9-14H2,1-2H3,(H,18,21)/p+1. The summed E-state index contributed by atoms with van der Waals surface area (Å²) in [5.41, 5.74) is 1.23. The molecule has 0 unspecified atom stereocenters. The van der Waals surface area contributed by atoms with E-state index in [9.17, 15) is 4.79 Å². The van der Waals surface area contributed by atoms with Gasteiger partial charge in [0.05, 0.1) is 33.3 Å². The smallest absolute Gasteiger partial charge is 0.275 e. The van der Waals surface area contributed by atoms with Crippen LogP contribution in [0.5, 0.6) is 5.75 Å². The topological polar surface area (TPSA) is 46.0 Å². The van der Waals surface area contributed by atoms with Gasteiger partial charge in [-0.25, -0.2) is 0 Å². The van der Waals surface area contributed by atoms with Gasteiger partial charge in [0, 0.05) is 12.2 Å². The van der Waals surface area contributed by atoms with Crippen molar-refractivity contribution in [2.45, 2.75) is 19.8 Å². The lowest BCUT2D eigenvalue weighted by Gasteiger charge is -2.33. The fourth-order valence-corrected chi connectivity index (χ4v) is 2.75. The second kappa shape index (κ2) is 8.63. The predicted octanol–water partition coefficient (Wildman–Crippen LogP) is 0.316. The van der Waals surface area contributed by atoms with Crippen molar-refractivity contribution in [1.29, 1.82) is 0 Å². The number of hydrogen-bond donors (Lipinski definition) is 2. The highest BCUT2D eigenvalue weighted by Crippen LogP contribution is 2.18. The quantitative estimate of drug-likeness (QED) is 0.713. The Hall–Kier alpha value is -1.75. The number of nitrogens with one attached hydrogen (secondary N) is 2. The molecule has 0 atom stereocenters. The number of amides is 1. The fourth-order valence-electron chi connectivity index (χ4n) is 2.75. The molecule has 1 heterocycles. The van der Waals surface area contributed by atoms with Crippen LogP contribution in [0.1, 0.15) is 19.8 Å². The van der Waals surface area contributed by atoms with Crippen LogP contribution in [-0.4, -0.2) is 52.3 Å². The van der Waals surface area contributed by atoms with Crippen molar-refractivity contribution in [2.24, 2.45) is 0 Å². The molecule has 0 aliphatic carbocycles. The average Bonchev–Trinajstić information content (AvgIpc) is 2.56. The summed E-state index contributed by atoms with van der Waals surface area (Å²) < 4.78 is 5.19. The Morgan fingerprint density at radius 1 is 1.27 bits per heavy atom. The van der Waals surface area contributed by atoms with Gasteiger partial charge in [-0.15, -0.1) is 0 Å². The van der Waals surface area contributed by atoms with Gasteiger partial charge in [0.15, 0.2) is 6.54 Å². The molecule has 1 saturated heterocycles. The van der Waals surface area contributed by atoms with E-state index in [4.69, 9.17) is 4.74 Å². The molecule has 0 bridgehead atoms. The van der Waals surface area contributed by atoms with Crippen LogP contribution >= 0.6 is 0 Å². The first kappa shape index (κ1) is 16.6. The molecule has 1 amide bonds. The van der Waals surface area contributed by atoms with Gasteiger partial charge in [-0.1, -0.05) is 13.3 Å². The Morgan fingerprint density at radius 3 is 2.55 bits per heavy atom. The van der Waals surface area contributed by atoms with E-state index in [1.54, 1.807) is 7.11 Å². The Bertz CT molecular complexity index is 453. The Morgan fingerprint density at radius 2 is 1.95 bits per heavy atom. The highest BCUT2D eigenvalue weighted by molar-refractivity contribution is 5.76. The Labute approximate surface area is 133 Å². The van der Waals surface area contributed by atoms with Gasteiger partial charge >= 0.3 is 0 Å². The van der Waals surface area contributed by atoms with Crippen molar-refractivity contribution in [2.75, 3.05) is 51.3 Å². The minimum atomic E-state index is 0.182. The van der Waals surface area contributed by atoms with Crippen molar-refractivity contribution in [1.82, 2.24) is 5.32 Å². The predicted molar refractivity (Wildman–Crippen MR) is 88.7 cm³/mol. The third-order valence-corrected chi connectivity index (χ3v) is 4.17. The Kier molecular flexibility index (Phi) is 6.52. The van der Waals surface area contributed by atoms with Crippen molar-refractivity contribution >= 4 is 11.6 Å². The zero-order chi connectivity index (χ0) is 15.8. The number of methoxy groups -OCH3 is 1. The number of nitrogens with zero attached hydrogens (tertiary/aromatic N) is 1. The third kappa shape index (κ3) is 4.91. The number of ether oxygens (including phenoxy) is 1. The number of carbonyl (C=O) groups is 1. The van der Waals surface area contributed by atoms with E-state index in [1.807, 2.05) is 12.1 Å². The number of carbonyl (C=O) groups excluding carboxylic acids is 1.